The molecular formula is C16H19NO3. The average molecular weight is 273 g/mol. The van der Waals surface area contributed by atoms with Crippen molar-refractivity contribution in [2.24, 2.45) is 0 Å². The van der Waals surface area contributed by atoms with Crippen molar-refractivity contribution in [3.8, 4) is 5.75 Å². The van der Waals surface area contributed by atoms with Crippen LogP contribution in [-0.2, 0) is 11.2 Å². The summed E-state index contributed by atoms with van der Waals surface area (Å²) in [5, 5.41) is 9.82. The van der Waals surface area contributed by atoms with Gasteiger partial charge < -0.3 is 9.84 Å². The van der Waals surface area contributed by atoms with Gasteiger partial charge in [0.2, 0.25) is 0 Å². The summed E-state index contributed by atoms with van der Waals surface area (Å²) in [6.07, 6.45) is 0.596. The van der Waals surface area contributed by atoms with Crippen molar-refractivity contribution < 1.29 is 14.6 Å². The van der Waals surface area contributed by atoms with Crippen LogP contribution in [-0.4, -0.2) is 22.2 Å². The lowest BCUT2D eigenvalue weighted by Crippen LogP contribution is -2.07. The van der Waals surface area contributed by atoms with Crippen molar-refractivity contribution in [2.45, 2.75) is 39.7 Å². The van der Waals surface area contributed by atoms with Gasteiger partial charge in [-0.15, -0.1) is 0 Å². The molecule has 0 amide bonds. The topological polar surface area (TPSA) is 59.4 Å². The van der Waals surface area contributed by atoms with Gasteiger partial charge in [0, 0.05) is 17.5 Å². The predicted octanol–water partition coefficient (Wildman–Crippen LogP) is 3.35. The molecule has 2 rings (SSSR count). The number of benzene rings is 1. The van der Waals surface area contributed by atoms with Crippen LogP contribution in [0.25, 0.3) is 10.9 Å². The minimum atomic E-state index is -0.809. The van der Waals surface area contributed by atoms with Crippen molar-refractivity contribution in [1.82, 2.24) is 4.98 Å². The summed E-state index contributed by atoms with van der Waals surface area (Å²) in [6.45, 7) is 5.95. The fourth-order valence-electron chi connectivity index (χ4n) is 2.17. The Morgan fingerprint density at radius 3 is 2.80 bits per heavy atom. The lowest BCUT2D eigenvalue weighted by atomic mass is 10.1. The molecule has 1 heterocycles. The zero-order valence-electron chi connectivity index (χ0n) is 12.0. The highest BCUT2D eigenvalue weighted by Crippen LogP contribution is 2.27. The summed E-state index contributed by atoms with van der Waals surface area (Å²) in [5.74, 6) is -0.0611. The van der Waals surface area contributed by atoms with E-state index in [2.05, 4.69) is 4.98 Å². The lowest BCUT2D eigenvalue weighted by molar-refractivity contribution is -0.136. The van der Waals surface area contributed by atoms with Crippen LogP contribution < -0.4 is 4.74 Å². The zero-order valence-corrected chi connectivity index (χ0v) is 12.0. The van der Waals surface area contributed by atoms with Crippen LogP contribution in [0.15, 0.2) is 24.3 Å². The third-order valence-electron chi connectivity index (χ3n) is 3.02. The van der Waals surface area contributed by atoms with Gasteiger partial charge in [0.25, 0.3) is 0 Å². The fraction of sp³-hybridized carbons (Fsp3) is 0.375. The summed E-state index contributed by atoms with van der Waals surface area (Å²) in [6, 6.07) is 7.80. The van der Waals surface area contributed by atoms with Crippen LogP contribution in [0.5, 0.6) is 5.75 Å². The van der Waals surface area contributed by atoms with E-state index < -0.39 is 5.97 Å². The molecule has 0 saturated heterocycles. The highest BCUT2D eigenvalue weighted by Gasteiger charge is 2.10. The number of fused-ring (bicyclic) bond motifs is 1. The number of aryl methyl sites for hydroxylation is 2. The third-order valence-corrected chi connectivity index (χ3v) is 3.02. The molecule has 0 aliphatic carbocycles. The quantitative estimate of drug-likeness (QED) is 0.907. The summed E-state index contributed by atoms with van der Waals surface area (Å²) in [7, 11) is 0. The van der Waals surface area contributed by atoms with Crippen LogP contribution in [0.4, 0.5) is 0 Å². The molecule has 0 spiro atoms. The Labute approximate surface area is 118 Å². The maximum Gasteiger partial charge on any atom is 0.303 e. The summed E-state index contributed by atoms with van der Waals surface area (Å²) in [5.41, 5.74) is 2.68. The number of nitrogens with zero attached hydrogens (tertiary/aromatic N) is 1. The first-order valence-electron chi connectivity index (χ1n) is 6.75. The number of pyridine rings is 1. The van der Waals surface area contributed by atoms with Gasteiger partial charge >= 0.3 is 5.97 Å². The van der Waals surface area contributed by atoms with E-state index in [4.69, 9.17) is 9.84 Å². The molecule has 106 valence electrons. The number of aromatic nitrogens is 1. The standard InChI is InChI=1S/C16H19NO3/c1-10(2)20-14-6-4-5-13-11(3)9-12(17-16(13)14)7-8-15(18)19/h4-6,9-10H,7-8H2,1-3H3,(H,18,19). The Bertz CT molecular complexity index is 635. The fourth-order valence-corrected chi connectivity index (χ4v) is 2.17. The van der Waals surface area contributed by atoms with E-state index in [1.54, 1.807) is 0 Å². The molecule has 0 aliphatic rings. The Kier molecular flexibility index (Phi) is 4.23. The van der Waals surface area contributed by atoms with E-state index in [-0.39, 0.29) is 12.5 Å². The molecule has 0 unspecified atom stereocenters. The van der Waals surface area contributed by atoms with Crippen molar-refractivity contribution in [2.75, 3.05) is 0 Å². The van der Waals surface area contributed by atoms with Gasteiger partial charge in [-0.25, -0.2) is 4.98 Å². The highest BCUT2D eigenvalue weighted by molar-refractivity contribution is 5.87. The Balaban J connectivity index is 2.46. The molecule has 1 aromatic carbocycles. The maximum atomic E-state index is 10.7. The molecule has 1 N–H and O–H groups in total. The first-order valence-corrected chi connectivity index (χ1v) is 6.75. The molecule has 0 radical (unpaired) electrons. The molecule has 0 saturated carbocycles. The van der Waals surface area contributed by atoms with Crippen molar-refractivity contribution in [3.05, 3.63) is 35.5 Å². The number of carboxylic acids is 1. The molecule has 1 aromatic heterocycles. The van der Waals surface area contributed by atoms with Gasteiger partial charge in [0.15, 0.2) is 0 Å². The van der Waals surface area contributed by atoms with Crippen LogP contribution in [0.2, 0.25) is 0 Å². The van der Waals surface area contributed by atoms with E-state index in [9.17, 15) is 4.79 Å². The molecule has 20 heavy (non-hydrogen) atoms. The average Bonchev–Trinajstić information content (AvgIpc) is 2.37. The number of hydrogen-bond acceptors (Lipinski definition) is 3. The molecule has 2 aromatic rings. The second-order valence-electron chi connectivity index (χ2n) is 5.14. The van der Waals surface area contributed by atoms with Crippen LogP contribution in [0, 0.1) is 6.92 Å². The summed E-state index contributed by atoms with van der Waals surface area (Å²) in [4.78, 5) is 15.3. The zero-order chi connectivity index (χ0) is 14.7. The van der Waals surface area contributed by atoms with Gasteiger partial charge in [-0.05, 0) is 38.5 Å². The number of rotatable bonds is 5. The molecular weight excluding hydrogens is 254 g/mol. The molecule has 4 heteroatoms. The van der Waals surface area contributed by atoms with E-state index in [0.29, 0.717) is 6.42 Å². The number of carboxylic acid groups (broad SMARTS) is 1. The highest BCUT2D eigenvalue weighted by atomic mass is 16.5. The summed E-state index contributed by atoms with van der Waals surface area (Å²) >= 11 is 0. The second-order valence-corrected chi connectivity index (χ2v) is 5.14. The van der Waals surface area contributed by atoms with Gasteiger partial charge in [0.1, 0.15) is 11.3 Å². The number of hydrogen-bond donors (Lipinski definition) is 1. The van der Waals surface area contributed by atoms with Crippen molar-refractivity contribution in [3.63, 3.8) is 0 Å². The van der Waals surface area contributed by atoms with Gasteiger partial charge in [0.05, 0.1) is 12.5 Å². The van der Waals surface area contributed by atoms with Gasteiger partial charge in [-0.3, -0.25) is 4.79 Å². The van der Waals surface area contributed by atoms with Crippen molar-refractivity contribution in [1.29, 1.82) is 0 Å². The van der Waals surface area contributed by atoms with Crippen LogP contribution >= 0.6 is 0 Å². The third kappa shape index (κ3) is 3.26. The number of carbonyl (C=O) groups is 1. The normalized spacial score (nSPS) is 11.0. The van der Waals surface area contributed by atoms with Crippen LogP contribution in [0.1, 0.15) is 31.5 Å². The van der Waals surface area contributed by atoms with E-state index in [0.717, 1.165) is 27.9 Å². The first kappa shape index (κ1) is 14.3. The SMILES string of the molecule is Cc1cc(CCC(=O)O)nc2c(OC(C)C)cccc12. The van der Waals surface area contributed by atoms with E-state index in [1.165, 1.54) is 0 Å². The second kappa shape index (κ2) is 5.90. The minimum absolute atomic E-state index is 0.0744. The molecule has 0 bridgehead atoms. The first-order chi connectivity index (χ1) is 9.47. The molecule has 0 fully saturated rings. The molecule has 0 aliphatic heterocycles. The van der Waals surface area contributed by atoms with E-state index >= 15 is 0 Å². The summed E-state index contributed by atoms with van der Waals surface area (Å²) < 4.78 is 5.78. The predicted molar refractivity (Wildman–Crippen MR) is 78.2 cm³/mol. The monoisotopic (exact) mass is 273 g/mol. The van der Waals surface area contributed by atoms with E-state index in [1.807, 2.05) is 45.0 Å². The number of para-hydroxylation sites is 1. The smallest absolute Gasteiger partial charge is 0.303 e. The van der Waals surface area contributed by atoms with Crippen LogP contribution in [0.3, 0.4) is 0 Å². The Morgan fingerprint density at radius 2 is 2.15 bits per heavy atom. The number of ether oxygens (including phenoxy) is 1. The van der Waals surface area contributed by atoms with Gasteiger partial charge in [-0.2, -0.15) is 0 Å². The minimum Gasteiger partial charge on any atom is -0.489 e. The van der Waals surface area contributed by atoms with Gasteiger partial charge in [-0.1, -0.05) is 12.1 Å². The number of aliphatic carboxylic acids is 1. The molecule has 0 atom stereocenters. The van der Waals surface area contributed by atoms with Crippen molar-refractivity contribution >= 4 is 16.9 Å². The molecule has 4 nitrogen and oxygen atoms in total. The maximum absolute atomic E-state index is 10.7. The lowest BCUT2D eigenvalue weighted by Gasteiger charge is -2.13. The Hall–Kier alpha value is -2.10. The Morgan fingerprint density at radius 1 is 1.40 bits per heavy atom. The largest absolute Gasteiger partial charge is 0.489 e.